The molecule has 1 rings (SSSR count). The molecule has 7 nitrogen and oxygen atoms in total. The number of nitrogens with one attached hydrogen (secondary N) is 1. The number of carbonyl (C=O) groups is 1. The van der Waals surface area contributed by atoms with E-state index >= 15 is 0 Å². The largest absolute Gasteiger partial charge is 0.481 e. The molecule has 1 saturated carbocycles. The zero-order chi connectivity index (χ0) is 14.7. The SMILES string of the molecule is CS(=O)(=O)CCS(=O)(=O)NC1CCCC(C(=O)O)C1. The first-order chi connectivity index (χ1) is 8.59. The number of sulfonamides is 1. The molecular formula is C10H19NO6S2. The zero-order valence-corrected chi connectivity index (χ0v) is 12.3. The van der Waals surface area contributed by atoms with Crippen LogP contribution >= 0.6 is 0 Å². The standard InChI is InChI=1S/C10H19NO6S2/c1-18(14,15)5-6-19(16,17)11-9-4-2-3-8(7-9)10(12)13/h8-9,11H,2-7H2,1H3,(H,12,13). The van der Waals surface area contributed by atoms with Crippen molar-refractivity contribution in [1.82, 2.24) is 4.72 Å². The fraction of sp³-hybridized carbons (Fsp3) is 0.900. The maximum Gasteiger partial charge on any atom is 0.306 e. The van der Waals surface area contributed by atoms with Crippen LogP contribution in [-0.2, 0) is 24.7 Å². The summed E-state index contributed by atoms with van der Waals surface area (Å²) in [6, 6.07) is -0.417. The molecule has 0 aromatic heterocycles. The Balaban J connectivity index is 2.56. The number of hydrogen-bond acceptors (Lipinski definition) is 5. The number of rotatable bonds is 6. The van der Waals surface area contributed by atoms with E-state index in [4.69, 9.17) is 5.11 Å². The van der Waals surface area contributed by atoms with Gasteiger partial charge in [-0.1, -0.05) is 6.42 Å². The van der Waals surface area contributed by atoms with Gasteiger partial charge < -0.3 is 5.11 Å². The lowest BCUT2D eigenvalue weighted by molar-refractivity contribution is -0.143. The lowest BCUT2D eigenvalue weighted by atomic mass is 9.86. The van der Waals surface area contributed by atoms with Crippen molar-refractivity contribution in [3.05, 3.63) is 0 Å². The maximum atomic E-state index is 11.7. The summed E-state index contributed by atoms with van der Waals surface area (Å²) < 4.78 is 47.7. The van der Waals surface area contributed by atoms with Crippen molar-refractivity contribution in [2.24, 2.45) is 5.92 Å². The molecule has 1 fully saturated rings. The van der Waals surface area contributed by atoms with Crippen molar-refractivity contribution in [2.75, 3.05) is 17.8 Å². The van der Waals surface area contributed by atoms with Crippen molar-refractivity contribution in [3.8, 4) is 0 Å². The number of carboxylic acid groups (broad SMARTS) is 1. The van der Waals surface area contributed by atoms with E-state index in [0.29, 0.717) is 19.3 Å². The monoisotopic (exact) mass is 313 g/mol. The molecule has 1 aliphatic rings. The van der Waals surface area contributed by atoms with Crippen LogP contribution in [0.2, 0.25) is 0 Å². The molecule has 0 spiro atoms. The van der Waals surface area contributed by atoms with Gasteiger partial charge in [0.15, 0.2) is 0 Å². The molecular weight excluding hydrogens is 294 g/mol. The molecule has 0 amide bonds. The minimum atomic E-state index is -3.69. The quantitative estimate of drug-likeness (QED) is 0.688. The van der Waals surface area contributed by atoms with Gasteiger partial charge in [-0.3, -0.25) is 4.79 Å². The van der Waals surface area contributed by atoms with Crippen molar-refractivity contribution in [3.63, 3.8) is 0 Å². The predicted octanol–water partition coefficient (Wildman–Crippen LogP) is -0.406. The topological polar surface area (TPSA) is 118 Å². The van der Waals surface area contributed by atoms with Crippen LogP contribution in [0.1, 0.15) is 25.7 Å². The van der Waals surface area contributed by atoms with Crippen LogP contribution in [0.25, 0.3) is 0 Å². The zero-order valence-electron chi connectivity index (χ0n) is 10.7. The molecule has 9 heteroatoms. The highest BCUT2D eigenvalue weighted by molar-refractivity contribution is 7.93. The summed E-state index contributed by atoms with van der Waals surface area (Å²) in [6.07, 6.45) is 3.02. The maximum absolute atomic E-state index is 11.7. The van der Waals surface area contributed by atoms with E-state index in [1.54, 1.807) is 0 Å². The first-order valence-electron chi connectivity index (χ1n) is 5.99. The van der Waals surface area contributed by atoms with Crippen LogP contribution in [-0.4, -0.2) is 51.7 Å². The summed E-state index contributed by atoms with van der Waals surface area (Å²) in [4.78, 5) is 10.9. The second-order valence-electron chi connectivity index (χ2n) is 4.97. The molecule has 0 bridgehead atoms. The van der Waals surface area contributed by atoms with Gasteiger partial charge in [0.2, 0.25) is 10.0 Å². The molecule has 1 aliphatic carbocycles. The Labute approximate surface area is 113 Å². The lowest BCUT2D eigenvalue weighted by Gasteiger charge is -2.27. The fourth-order valence-corrected chi connectivity index (χ4v) is 5.02. The minimum absolute atomic E-state index is 0.257. The van der Waals surface area contributed by atoms with E-state index in [0.717, 1.165) is 6.26 Å². The van der Waals surface area contributed by atoms with Crippen LogP contribution in [0, 0.1) is 5.92 Å². The summed E-state index contributed by atoms with van der Waals surface area (Å²) in [6.45, 7) is 0. The summed E-state index contributed by atoms with van der Waals surface area (Å²) in [5.41, 5.74) is 0. The van der Waals surface area contributed by atoms with Crippen molar-refractivity contribution in [2.45, 2.75) is 31.7 Å². The lowest BCUT2D eigenvalue weighted by Crippen LogP contribution is -2.41. The average Bonchev–Trinajstić information content (AvgIpc) is 2.25. The number of carboxylic acids is 1. The molecule has 0 aromatic rings. The molecule has 2 unspecified atom stereocenters. The van der Waals surface area contributed by atoms with Crippen LogP contribution in [0.4, 0.5) is 0 Å². The van der Waals surface area contributed by atoms with Gasteiger partial charge in [-0.15, -0.1) is 0 Å². The van der Waals surface area contributed by atoms with E-state index in [1.165, 1.54) is 0 Å². The molecule has 0 aliphatic heterocycles. The van der Waals surface area contributed by atoms with E-state index in [9.17, 15) is 21.6 Å². The summed E-state index contributed by atoms with van der Waals surface area (Å²) >= 11 is 0. The van der Waals surface area contributed by atoms with E-state index < -0.39 is 49.3 Å². The van der Waals surface area contributed by atoms with Gasteiger partial charge in [-0.2, -0.15) is 0 Å². The number of hydrogen-bond donors (Lipinski definition) is 2. The highest BCUT2D eigenvalue weighted by atomic mass is 32.2. The first kappa shape index (κ1) is 16.4. The van der Waals surface area contributed by atoms with E-state index in [1.807, 2.05) is 0 Å². The third-order valence-electron chi connectivity index (χ3n) is 3.09. The van der Waals surface area contributed by atoms with Crippen molar-refractivity contribution >= 4 is 25.8 Å². The third kappa shape index (κ3) is 6.35. The van der Waals surface area contributed by atoms with Crippen molar-refractivity contribution < 1.29 is 26.7 Å². The minimum Gasteiger partial charge on any atom is -0.481 e. The van der Waals surface area contributed by atoms with Gasteiger partial charge in [0.05, 0.1) is 17.4 Å². The first-order valence-corrected chi connectivity index (χ1v) is 9.71. The van der Waals surface area contributed by atoms with Gasteiger partial charge in [0, 0.05) is 12.3 Å². The Morgan fingerprint density at radius 1 is 1.21 bits per heavy atom. The molecule has 0 aromatic carbocycles. The molecule has 0 radical (unpaired) electrons. The molecule has 112 valence electrons. The normalized spacial score (nSPS) is 25.1. The predicted molar refractivity (Wildman–Crippen MR) is 70.0 cm³/mol. The average molecular weight is 313 g/mol. The van der Waals surface area contributed by atoms with E-state index in [-0.39, 0.29) is 6.42 Å². The van der Waals surface area contributed by atoms with Gasteiger partial charge in [0.1, 0.15) is 9.84 Å². The summed E-state index contributed by atoms with van der Waals surface area (Å²) in [7, 11) is -7.02. The van der Waals surface area contributed by atoms with E-state index in [2.05, 4.69) is 4.72 Å². The van der Waals surface area contributed by atoms with Crippen LogP contribution in [0.5, 0.6) is 0 Å². The van der Waals surface area contributed by atoms with Gasteiger partial charge >= 0.3 is 5.97 Å². The fourth-order valence-electron chi connectivity index (χ4n) is 2.10. The van der Waals surface area contributed by atoms with Crippen LogP contribution < -0.4 is 4.72 Å². The molecule has 2 atom stereocenters. The van der Waals surface area contributed by atoms with Crippen LogP contribution in [0.3, 0.4) is 0 Å². The van der Waals surface area contributed by atoms with Crippen molar-refractivity contribution in [1.29, 1.82) is 0 Å². The highest BCUT2D eigenvalue weighted by Crippen LogP contribution is 2.24. The third-order valence-corrected chi connectivity index (χ3v) is 5.73. The summed E-state index contributed by atoms with van der Waals surface area (Å²) in [5.74, 6) is -2.37. The number of sulfone groups is 1. The Morgan fingerprint density at radius 2 is 1.84 bits per heavy atom. The van der Waals surface area contributed by atoms with Gasteiger partial charge in [-0.25, -0.2) is 21.6 Å². The van der Waals surface area contributed by atoms with Gasteiger partial charge in [-0.05, 0) is 19.3 Å². The Bertz CT molecular complexity index is 524. The second-order valence-corrected chi connectivity index (χ2v) is 9.10. The smallest absolute Gasteiger partial charge is 0.306 e. The molecule has 0 heterocycles. The number of aliphatic carboxylic acids is 1. The highest BCUT2D eigenvalue weighted by Gasteiger charge is 2.29. The Morgan fingerprint density at radius 3 is 2.37 bits per heavy atom. The van der Waals surface area contributed by atoms with Crippen LogP contribution in [0.15, 0.2) is 0 Å². The second kappa shape index (κ2) is 6.19. The molecule has 2 N–H and O–H groups in total. The Hall–Kier alpha value is -0.670. The molecule has 19 heavy (non-hydrogen) atoms. The summed E-state index contributed by atoms with van der Waals surface area (Å²) in [5, 5.41) is 8.91. The van der Waals surface area contributed by atoms with Gasteiger partial charge in [0.25, 0.3) is 0 Å². The molecule has 0 saturated heterocycles. The Kier molecular flexibility index (Phi) is 5.34.